The standard InChI is InChI=1S/C30H28BrClN4O4S/c1-18-25(28(37)39-3)26(36-29(33-18)34-30(35-36)41-17-20-11-7-8-12-23(20)32)21-15-22(31)27(24(16-21)38-2)40-14-13-19-9-5-4-6-10-19/h4-12,15-16,26H,13-14,17H2,1-3H3,(H,33,34,35). The van der Waals surface area contributed by atoms with Gasteiger partial charge in [-0.05, 0) is 57.7 Å². The third kappa shape index (κ3) is 6.39. The molecule has 0 fully saturated rings. The smallest absolute Gasteiger partial charge is 0.338 e. The first-order chi connectivity index (χ1) is 19.9. The van der Waals surface area contributed by atoms with Gasteiger partial charge in [-0.3, -0.25) is 0 Å². The van der Waals surface area contributed by atoms with E-state index in [1.165, 1.54) is 24.4 Å². The Kier molecular flexibility index (Phi) is 9.22. The fraction of sp³-hybridized carbons (Fsp3) is 0.233. The molecule has 41 heavy (non-hydrogen) atoms. The maximum atomic E-state index is 13.0. The summed E-state index contributed by atoms with van der Waals surface area (Å²) < 4.78 is 19.4. The van der Waals surface area contributed by atoms with Crippen molar-refractivity contribution < 1.29 is 19.0 Å². The van der Waals surface area contributed by atoms with E-state index in [0.29, 0.717) is 55.7 Å². The number of carbonyl (C=O) groups excluding carboxylic acids is 1. The van der Waals surface area contributed by atoms with E-state index in [4.69, 9.17) is 35.9 Å². The number of hydrogen-bond acceptors (Lipinski definition) is 8. The van der Waals surface area contributed by atoms with E-state index in [2.05, 4.69) is 33.4 Å². The Labute approximate surface area is 256 Å². The van der Waals surface area contributed by atoms with Gasteiger partial charge in [0.05, 0.1) is 30.9 Å². The average Bonchev–Trinajstić information content (AvgIpc) is 3.39. The summed E-state index contributed by atoms with van der Waals surface area (Å²) in [4.78, 5) is 17.7. The van der Waals surface area contributed by atoms with Gasteiger partial charge < -0.3 is 19.5 Å². The van der Waals surface area contributed by atoms with Crippen molar-refractivity contribution in [2.75, 3.05) is 26.1 Å². The van der Waals surface area contributed by atoms with Crippen LogP contribution in [0.5, 0.6) is 11.5 Å². The van der Waals surface area contributed by atoms with Crippen molar-refractivity contribution in [3.63, 3.8) is 0 Å². The number of rotatable bonds is 10. The number of hydrogen-bond donors (Lipinski definition) is 1. The van der Waals surface area contributed by atoms with Crippen LogP contribution >= 0.6 is 39.3 Å². The molecule has 1 aliphatic heterocycles. The number of nitrogens with one attached hydrogen (secondary N) is 1. The number of allylic oxidation sites excluding steroid dienone is 1. The fourth-order valence-electron chi connectivity index (χ4n) is 4.59. The second kappa shape index (κ2) is 13.0. The Bertz CT molecular complexity index is 1590. The van der Waals surface area contributed by atoms with Gasteiger partial charge in [0, 0.05) is 22.9 Å². The third-order valence-electron chi connectivity index (χ3n) is 6.60. The zero-order chi connectivity index (χ0) is 28.9. The molecule has 1 atom stereocenters. The summed E-state index contributed by atoms with van der Waals surface area (Å²) in [6, 6.07) is 21.0. The van der Waals surface area contributed by atoms with E-state index < -0.39 is 12.0 Å². The number of nitrogens with zero attached hydrogens (tertiary/aromatic N) is 3. The highest BCUT2D eigenvalue weighted by atomic mass is 79.9. The largest absolute Gasteiger partial charge is 0.493 e. The van der Waals surface area contributed by atoms with Crippen LogP contribution in [0.3, 0.4) is 0 Å². The number of halogens is 2. The molecule has 1 N–H and O–H groups in total. The molecule has 3 aromatic carbocycles. The Balaban J connectivity index is 1.47. The normalized spacial score (nSPS) is 14.3. The van der Waals surface area contributed by atoms with Gasteiger partial charge in [-0.1, -0.05) is 71.9 Å². The third-order valence-corrected chi connectivity index (χ3v) is 8.44. The lowest BCUT2D eigenvalue weighted by Crippen LogP contribution is -2.29. The summed E-state index contributed by atoms with van der Waals surface area (Å²) in [6.45, 7) is 2.29. The van der Waals surface area contributed by atoms with E-state index in [9.17, 15) is 4.79 Å². The van der Waals surface area contributed by atoms with Crippen molar-refractivity contribution in [2.45, 2.75) is 30.3 Å². The predicted octanol–water partition coefficient (Wildman–Crippen LogP) is 7.08. The summed E-state index contributed by atoms with van der Waals surface area (Å²) >= 11 is 11.5. The van der Waals surface area contributed by atoms with E-state index in [1.807, 2.05) is 61.5 Å². The van der Waals surface area contributed by atoms with Crippen LogP contribution < -0.4 is 14.8 Å². The first-order valence-electron chi connectivity index (χ1n) is 12.8. The zero-order valence-corrected chi connectivity index (χ0v) is 25.8. The van der Waals surface area contributed by atoms with Crippen LogP contribution in [0.2, 0.25) is 5.02 Å². The molecule has 1 aromatic heterocycles. The van der Waals surface area contributed by atoms with E-state index in [0.717, 1.165) is 17.5 Å². The second-order valence-electron chi connectivity index (χ2n) is 9.22. The molecule has 212 valence electrons. The summed E-state index contributed by atoms with van der Waals surface area (Å²) in [5, 5.41) is 9.23. The number of anilines is 1. The van der Waals surface area contributed by atoms with Crippen molar-refractivity contribution in [1.29, 1.82) is 0 Å². The van der Waals surface area contributed by atoms with Crippen molar-refractivity contribution in [3.05, 3.63) is 104 Å². The fourth-order valence-corrected chi connectivity index (χ4v) is 6.28. The quantitative estimate of drug-likeness (QED) is 0.143. The number of thioether (sulfide) groups is 1. The van der Waals surface area contributed by atoms with Crippen LogP contribution in [0.15, 0.2) is 87.6 Å². The Hall–Kier alpha value is -3.47. The van der Waals surface area contributed by atoms with Crippen molar-refractivity contribution in [3.8, 4) is 11.5 Å². The molecule has 0 spiro atoms. The molecule has 1 unspecified atom stereocenters. The lowest BCUT2D eigenvalue weighted by atomic mass is 9.95. The molecule has 0 saturated heterocycles. The van der Waals surface area contributed by atoms with Crippen LogP contribution in [0.25, 0.3) is 0 Å². The molecular weight excluding hydrogens is 628 g/mol. The molecule has 0 aliphatic carbocycles. The highest BCUT2D eigenvalue weighted by molar-refractivity contribution is 9.10. The molecule has 4 aromatic rings. The van der Waals surface area contributed by atoms with Crippen molar-refractivity contribution >= 4 is 51.2 Å². The maximum Gasteiger partial charge on any atom is 0.338 e. The number of aromatic nitrogens is 3. The first kappa shape index (κ1) is 29.0. The Morgan fingerprint density at radius 1 is 1.12 bits per heavy atom. The molecule has 0 amide bonds. The Morgan fingerprint density at radius 3 is 2.61 bits per heavy atom. The summed E-state index contributed by atoms with van der Waals surface area (Å²) in [7, 11) is 2.95. The predicted molar refractivity (Wildman–Crippen MR) is 164 cm³/mol. The highest BCUT2D eigenvalue weighted by Crippen LogP contribution is 2.43. The molecule has 0 saturated carbocycles. The number of carbonyl (C=O) groups is 1. The number of ether oxygens (including phenoxy) is 3. The molecule has 0 radical (unpaired) electrons. The number of benzene rings is 3. The lowest BCUT2D eigenvalue weighted by Gasteiger charge is -2.28. The average molecular weight is 656 g/mol. The van der Waals surface area contributed by atoms with Crippen LogP contribution in [0, 0.1) is 0 Å². The van der Waals surface area contributed by atoms with E-state index in [1.54, 1.807) is 11.8 Å². The van der Waals surface area contributed by atoms with Crippen LogP contribution in [-0.4, -0.2) is 41.6 Å². The summed E-state index contributed by atoms with van der Waals surface area (Å²) in [5.74, 6) is 1.75. The van der Waals surface area contributed by atoms with Crippen LogP contribution in [0.1, 0.15) is 29.7 Å². The molecule has 5 rings (SSSR count). The summed E-state index contributed by atoms with van der Waals surface area (Å²) in [5.41, 5.74) is 3.96. The number of methoxy groups -OCH3 is 2. The SMILES string of the molecule is COC(=O)C1=C(C)Nc2nc(SCc3ccccc3Cl)nn2C1c1cc(Br)c(OCCc2ccccc2)c(OC)c1. The van der Waals surface area contributed by atoms with Gasteiger partial charge in [-0.25, -0.2) is 9.48 Å². The highest BCUT2D eigenvalue weighted by Gasteiger charge is 2.36. The molecule has 1 aliphatic rings. The molecule has 2 heterocycles. The number of fused-ring (bicyclic) bond motifs is 1. The lowest BCUT2D eigenvalue weighted by molar-refractivity contribution is -0.136. The zero-order valence-electron chi connectivity index (χ0n) is 22.7. The van der Waals surface area contributed by atoms with Gasteiger partial charge in [-0.2, -0.15) is 4.98 Å². The van der Waals surface area contributed by atoms with Crippen molar-refractivity contribution in [2.24, 2.45) is 0 Å². The minimum Gasteiger partial charge on any atom is -0.493 e. The van der Waals surface area contributed by atoms with Gasteiger partial charge >= 0.3 is 5.97 Å². The van der Waals surface area contributed by atoms with Gasteiger partial charge in [0.1, 0.15) is 6.04 Å². The minimum atomic E-state index is -0.621. The topological polar surface area (TPSA) is 87.5 Å². The maximum absolute atomic E-state index is 13.0. The van der Waals surface area contributed by atoms with E-state index >= 15 is 0 Å². The molecule has 0 bridgehead atoms. The number of esters is 1. The van der Waals surface area contributed by atoms with Gasteiger partial charge in [0.15, 0.2) is 11.5 Å². The summed E-state index contributed by atoms with van der Waals surface area (Å²) in [6.07, 6.45) is 0.748. The van der Waals surface area contributed by atoms with Gasteiger partial charge in [0.2, 0.25) is 11.1 Å². The monoisotopic (exact) mass is 654 g/mol. The van der Waals surface area contributed by atoms with E-state index in [-0.39, 0.29) is 0 Å². The van der Waals surface area contributed by atoms with Gasteiger partial charge in [0.25, 0.3) is 0 Å². The molecule has 8 nitrogen and oxygen atoms in total. The molecular formula is C30H28BrClN4O4S. The van der Waals surface area contributed by atoms with Crippen molar-refractivity contribution in [1.82, 2.24) is 14.8 Å². The van der Waals surface area contributed by atoms with Crippen LogP contribution in [0.4, 0.5) is 5.95 Å². The molecule has 11 heteroatoms. The second-order valence-corrected chi connectivity index (χ2v) is 11.4. The minimum absolute atomic E-state index is 0.416. The van der Waals surface area contributed by atoms with Crippen LogP contribution in [-0.2, 0) is 21.7 Å². The van der Waals surface area contributed by atoms with Gasteiger partial charge in [-0.15, -0.1) is 5.10 Å². The Morgan fingerprint density at radius 2 is 1.88 bits per heavy atom. The first-order valence-corrected chi connectivity index (χ1v) is 15.0.